The molecule has 2 unspecified atom stereocenters. The molecule has 0 amide bonds. The maximum atomic E-state index is 12.6. The Balaban J connectivity index is 3.87. The molecule has 0 saturated heterocycles. The Labute approximate surface area is 366 Å². The lowest BCUT2D eigenvalue weighted by Gasteiger charge is -2.20. The van der Waals surface area contributed by atoms with E-state index >= 15 is 0 Å². The van der Waals surface area contributed by atoms with Gasteiger partial charge in [0.2, 0.25) is 0 Å². The van der Waals surface area contributed by atoms with Crippen LogP contribution in [0.3, 0.4) is 0 Å². The number of phosphoric acid groups is 1. The van der Waals surface area contributed by atoms with E-state index < -0.39 is 13.9 Å². The van der Waals surface area contributed by atoms with Crippen LogP contribution in [0.2, 0.25) is 0 Å². The fourth-order valence-corrected chi connectivity index (χ4v) is 8.15. The van der Waals surface area contributed by atoms with Crippen LogP contribution >= 0.6 is 7.82 Å². The number of ether oxygens (including phenoxy) is 2. The van der Waals surface area contributed by atoms with E-state index in [1.807, 2.05) is 0 Å². The van der Waals surface area contributed by atoms with Gasteiger partial charge < -0.3 is 20.1 Å². The minimum absolute atomic E-state index is 0.0961. The summed E-state index contributed by atoms with van der Waals surface area (Å²) < 4.78 is 33.5. The lowest BCUT2D eigenvalue weighted by molar-refractivity contribution is -0.154. The molecule has 0 fully saturated rings. The van der Waals surface area contributed by atoms with Crippen molar-refractivity contribution in [2.75, 3.05) is 33.0 Å². The van der Waals surface area contributed by atoms with E-state index in [-0.39, 0.29) is 32.3 Å². The number of nitrogens with two attached hydrogens (primary N) is 1. The Hall–Kier alpha value is -1.02. The monoisotopic (exact) mass is 856 g/mol. The summed E-state index contributed by atoms with van der Waals surface area (Å²) in [6, 6.07) is 0. The molecule has 0 aromatic rings. The van der Waals surface area contributed by atoms with Crippen molar-refractivity contribution in [3.63, 3.8) is 0 Å². The molecule has 8 nitrogen and oxygen atoms in total. The van der Waals surface area contributed by atoms with Crippen molar-refractivity contribution >= 4 is 13.8 Å². The summed E-state index contributed by atoms with van der Waals surface area (Å²) in [5.41, 5.74) is 5.38. The zero-order valence-electron chi connectivity index (χ0n) is 39.0. The number of hydrogen-bond acceptors (Lipinski definition) is 7. The molecular weight excluding hydrogens is 758 g/mol. The molecule has 0 aliphatic carbocycles. The highest BCUT2D eigenvalue weighted by atomic mass is 31.2. The van der Waals surface area contributed by atoms with Crippen molar-refractivity contribution in [3.8, 4) is 0 Å². The van der Waals surface area contributed by atoms with E-state index in [0.717, 1.165) is 57.8 Å². The highest BCUT2D eigenvalue weighted by Crippen LogP contribution is 2.43. The summed E-state index contributed by atoms with van der Waals surface area (Å²) in [6.45, 7) is 4.93. The molecule has 9 heteroatoms. The molecule has 2 atom stereocenters. The number of esters is 1. The van der Waals surface area contributed by atoms with E-state index in [4.69, 9.17) is 24.3 Å². The first-order chi connectivity index (χ1) is 28.9. The number of carbonyl (C=O) groups is 1. The zero-order chi connectivity index (χ0) is 43.0. The fourth-order valence-electron chi connectivity index (χ4n) is 7.38. The molecule has 0 saturated carbocycles. The third-order valence-electron chi connectivity index (χ3n) is 11.1. The van der Waals surface area contributed by atoms with Crippen LogP contribution < -0.4 is 5.73 Å². The first-order valence-electron chi connectivity index (χ1n) is 25.3. The molecule has 0 bridgehead atoms. The summed E-state index contributed by atoms with van der Waals surface area (Å²) in [4.78, 5) is 22.5. The SMILES string of the molecule is CCCCC/C=C\C/C=C\CCCCCCCC(=O)OC(COCCCCCCCCCCCCCCCCCCCCCCCCCCC)COP(=O)(O)OCCN. The summed E-state index contributed by atoms with van der Waals surface area (Å²) in [6.07, 6.45) is 55.1. The van der Waals surface area contributed by atoms with Crippen molar-refractivity contribution in [3.05, 3.63) is 24.3 Å². The van der Waals surface area contributed by atoms with Gasteiger partial charge in [0, 0.05) is 19.6 Å². The van der Waals surface area contributed by atoms with Gasteiger partial charge in [-0.25, -0.2) is 4.57 Å². The van der Waals surface area contributed by atoms with Crippen molar-refractivity contribution in [2.45, 2.75) is 258 Å². The molecule has 59 heavy (non-hydrogen) atoms. The van der Waals surface area contributed by atoms with Crippen LogP contribution in [0.25, 0.3) is 0 Å². The summed E-state index contributed by atoms with van der Waals surface area (Å²) in [5.74, 6) is -0.339. The fraction of sp³-hybridized carbons (Fsp3) is 0.900. The Morgan fingerprint density at radius 3 is 1.36 bits per heavy atom. The van der Waals surface area contributed by atoms with E-state index in [2.05, 4.69) is 38.2 Å². The van der Waals surface area contributed by atoms with E-state index in [1.165, 1.54) is 173 Å². The van der Waals surface area contributed by atoms with E-state index in [0.29, 0.717) is 13.0 Å². The average molecular weight is 856 g/mol. The maximum Gasteiger partial charge on any atom is 0.472 e. The Morgan fingerprint density at radius 2 is 0.898 bits per heavy atom. The second kappa shape index (κ2) is 48.0. The van der Waals surface area contributed by atoms with Crippen molar-refractivity contribution in [1.29, 1.82) is 0 Å². The molecule has 0 rings (SSSR count). The van der Waals surface area contributed by atoms with Crippen molar-refractivity contribution in [2.24, 2.45) is 5.73 Å². The van der Waals surface area contributed by atoms with Gasteiger partial charge in [-0.2, -0.15) is 0 Å². The van der Waals surface area contributed by atoms with Crippen LogP contribution in [0.4, 0.5) is 0 Å². The first-order valence-corrected chi connectivity index (χ1v) is 26.8. The third kappa shape index (κ3) is 47.9. The summed E-state index contributed by atoms with van der Waals surface area (Å²) in [7, 11) is -4.28. The smallest absolute Gasteiger partial charge is 0.457 e. The number of allylic oxidation sites excluding steroid dienone is 4. The Morgan fingerprint density at radius 1 is 0.508 bits per heavy atom. The van der Waals surface area contributed by atoms with Gasteiger partial charge in [-0.05, 0) is 44.9 Å². The van der Waals surface area contributed by atoms with Gasteiger partial charge in [0.25, 0.3) is 0 Å². The Bertz CT molecular complexity index is 962. The second-order valence-corrected chi connectivity index (χ2v) is 18.5. The minimum Gasteiger partial charge on any atom is -0.457 e. The summed E-state index contributed by atoms with van der Waals surface area (Å²) >= 11 is 0. The van der Waals surface area contributed by atoms with Crippen LogP contribution in [0.15, 0.2) is 24.3 Å². The van der Waals surface area contributed by atoms with E-state index in [1.54, 1.807) is 0 Å². The standard InChI is InChI=1S/C50H98NO7P/c1-3-5-7-9-11-13-15-17-19-20-21-22-23-24-25-26-27-28-30-32-34-36-38-40-42-45-55-47-49(48-57-59(53,54)56-46-44-51)58-50(52)43-41-39-37-35-33-31-29-18-16-14-12-10-8-6-4-2/h12,14,18,29,49H,3-11,13,15-17,19-28,30-48,51H2,1-2H3,(H,53,54)/b14-12-,29-18-. The molecular formula is C50H98NO7P. The van der Waals surface area contributed by atoms with Crippen LogP contribution in [0.5, 0.6) is 0 Å². The quantitative estimate of drug-likeness (QED) is 0.0269. The van der Waals surface area contributed by atoms with Gasteiger partial charge in [0.1, 0.15) is 6.10 Å². The number of unbranched alkanes of at least 4 members (excludes halogenated alkanes) is 32. The number of carbonyl (C=O) groups excluding carboxylic acids is 1. The van der Waals surface area contributed by atoms with Crippen LogP contribution in [0, 0.1) is 0 Å². The zero-order valence-corrected chi connectivity index (χ0v) is 39.9. The van der Waals surface area contributed by atoms with Gasteiger partial charge in [-0.15, -0.1) is 0 Å². The normalized spacial score (nSPS) is 13.5. The highest BCUT2D eigenvalue weighted by Gasteiger charge is 2.25. The van der Waals surface area contributed by atoms with E-state index in [9.17, 15) is 14.3 Å². The Kier molecular flexibility index (Phi) is 47.2. The van der Waals surface area contributed by atoms with Crippen LogP contribution in [0.1, 0.15) is 251 Å². The lowest BCUT2D eigenvalue weighted by Crippen LogP contribution is -2.28. The van der Waals surface area contributed by atoms with Gasteiger partial charge in [-0.3, -0.25) is 13.8 Å². The van der Waals surface area contributed by atoms with Gasteiger partial charge >= 0.3 is 13.8 Å². The number of phosphoric ester groups is 1. The molecule has 0 aliphatic heterocycles. The molecule has 0 spiro atoms. The van der Waals surface area contributed by atoms with Gasteiger partial charge in [0.05, 0.1) is 19.8 Å². The molecule has 0 aromatic carbocycles. The predicted octanol–water partition coefficient (Wildman–Crippen LogP) is 15.6. The second-order valence-electron chi connectivity index (χ2n) is 17.0. The molecule has 3 N–H and O–H groups in total. The van der Waals surface area contributed by atoms with Crippen molar-refractivity contribution in [1.82, 2.24) is 0 Å². The topological polar surface area (TPSA) is 117 Å². The van der Waals surface area contributed by atoms with Crippen LogP contribution in [-0.2, 0) is 27.9 Å². The van der Waals surface area contributed by atoms with Gasteiger partial charge in [0.15, 0.2) is 0 Å². The molecule has 0 heterocycles. The van der Waals surface area contributed by atoms with Gasteiger partial charge in [-0.1, -0.05) is 224 Å². The number of rotatable bonds is 49. The third-order valence-corrected chi connectivity index (χ3v) is 12.1. The predicted molar refractivity (Wildman–Crippen MR) is 252 cm³/mol. The maximum absolute atomic E-state index is 12.6. The number of hydrogen-bond donors (Lipinski definition) is 2. The minimum atomic E-state index is -4.28. The molecule has 350 valence electrons. The largest absolute Gasteiger partial charge is 0.472 e. The van der Waals surface area contributed by atoms with Crippen LogP contribution in [-0.4, -0.2) is 49.9 Å². The van der Waals surface area contributed by atoms with Crippen molar-refractivity contribution < 1.29 is 32.8 Å². The molecule has 0 aromatic heterocycles. The lowest BCUT2D eigenvalue weighted by atomic mass is 10.0. The molecule has 0 aliphatic rings. The molecule has 0 radical (unpaired) electrons. The average Bonchev–Trinajstić information content (AvgIpc) is 3.23. The highest BCUT2D eigenvalue weighted by molar-refractivity contribution is 7.47. The summed E-state index contributed by atoms with van der Waals surface area (Å²) in [5, 5.41) is 0. The first kappa shape index (κ1) is 58.0.